The summed E-state index contributed by atoms with van der Waals surface area (Å²) in [6, 6.07) is 7.95. The molecular formula is C51H66N4O16S3. The summed E-state index contributed by atoms with van der Waals surface area (Å²) in [6.07, 6.45) is 14.4. The maximum absolute atomic E-state index is 12.9. The Hall–Kier alpha value is -5.37. The van der Waals surface area contributed by atoms with Crippen LogP contribution in [0.15, 0.2) is 83.5 Å². The molecule has 0 radical (unpaired) electrons. The summed E-state index contributed by atoms with van der Waals surface area (Å²) in [5, 5.41) is 0.462. The van der Waals surface area contributed by atoms with Crippen molar-refractivity contribution in [3.8, 4) is 5.75 Å². The van der Waals surface area contributed by atoms with Gasteiger partial charge in [-0.15, -0.1) is 5.06 Å². The van der Waals surface area contributed by atoms with Gasteiger partial charge in [0, 0.05) is 111 Å². The first-order chi connectivity index (χ1) is 34.7. The van der Waals surface area contributed by atoms with Gasteiger partial charge >= 0.3 is 16.1 Å². The molecule has 0 bridgehead atoms. The molecule has 74 heavy (non-hydrogen) atoms. The number of hydrogen-bond acceptors (Lipinski definition) is 17. The van der Waals surface area contributed by atoms with Crippen molar-refractivity contribution in [2.45, 2.75) is 108 Å². The van der Waals surface area contributed by atoms with E-state index in [4.69, 9.17) is 19.0 Å². The Kier molecular flexibility index (Phi) is 18.2. The standard InChI is InChI=1S/C51H66N4O16S3/c1-35-34-51(22-26-67-6,23-27-68-7)54(25-13-28-72(59,60)61)42-33-43-39(32-38(35)42)36(30-45(69-43)49(2,3)4)14-9-8-10-15-44-50(5,21-11-16-48(58)70-55-46(56)19-20-47(55)57)40-31-37(74(64,65)66)17-18-41(40)53(44)24-12-29-73(62,63)71-52/h8-10,14-15,17-18,30-34H,11-13,16,19-29H2,1-7,52H3. The molecule has 6 rings (SSSR count). The van der Waals surface area contributed by atoms with Crippen molar-refractivity contribution in [2.24, 2.45) is 5.41 Å². The average molecular weight is 1090 g/mol. The first-order valence-corrected chi connectivity index (χ1v) is 28.7. The van der Waals surface area contributed by atoms with Crippen molar-refractivity contribution in [1.29, 1.82) is 0 Å². The summed E-state index contributed by atoms with van der Waals surface area (Å²) >= 11 is 0. The molecule has 2 aromatic rings. The van der Waals surface area contributed by atoms with Crippen molar-refractivity contribution in [3.63, 3.8) is 0 Å². The fourth-order valence-corrected chi connectivity index (χ4v) is 11.4. The van der Waals surface area contributed by atoms with Gasteiger partial charge in [0.25, 0.3) is 11.8 Å². The molecule has 1 saturated heterocycles. The number of anilines is 1. The van der Waals surface area contributed by atoms with Crippen LogP contribution in [0.2, 0.25) is 0 Å². The van der Waals surface area contributed by atoms with E-state index in [9.17, 15) is 48.7 Å². The molecule has 4 aliphatic rings. The van der Waals surface area contributed by atoms with Gasteiger partial charge in [-0.1, -0.05) is 55.4 Å². The largest absolute Gasteiger partial charge is 0.748 e. The fourth-order valence-electron chi connectivity index (χ4n) is 9.84. The Balaban J connectivity index is 1.41. The Morgan fingerprint density at radius 2 is 1.57 bits per heavy atom. The summed E-state index contributed by atoms with van der Waals surface area (Å²) < 4.78 is 121. The number of hydrogen-bond donors (Lipinski definition) is 1. The van der Waals surface area contributed by atoms with Gasteiger partial charge in [0.1, 0.15) is 28.2 Å². The molecule has 3 N–H and O–H groups in total. The Bertz CT molecular complexity index is 3040. The second kappa shape index (κ2) is 23.3. The number of allylic oxidation sites excluding steroid dienone is 9. The number of hydroxylamine groups is 2. The van der Waals surface area contributed by atoms with Gasteiger partial charge in [-0.25, -0.2) is 21.6 Å². The molecule has 1 atom stereocenters. The molecule has 0 aromatic heterocycles. The SMILES string of the molecule is COCCC1(CCOC)C=C(C)c2cc3c(cc2N1CCCS(=O)(=O)[O-])OC(C(C)(C)C)=CC3=CC=CC=CC1=[N+](CCCS(=O)(=O)O[NH3+])c2ccc(S(=O)(=O)[O-])cc2C1(C)CCCC(=O)ON1C(=O)CCC1=O. The van der Waals surface area contributed by atoms with Crippen molar-refractivity contribution in [1.82, 2.24) is 5.06 Å². The van der Waals surface area contributed by atoms with Crippen molar-refractivity contribution in [2.75, 3.05) is 56.9 Å². The Morgan fingerprint density at radius 3 is 2.18 bits per heavy atom. The normalized spacial score (nSPS) is 19.6. The number of nitrogens with zero attached hydrogens (tertiary/aromatic N) is 3. The third-order valence-electron chi connectivity index (χ3n) is 13.6. The van der Waals surface area contributed by atoms with E-state index in [0.717, 1.165) is 28.0 Å². The van der Waals surface area contributed by atoms with E-state index in [1.807, 2.05) is 69.6 Å². The zero-order valence-corrected chi connectivity index (χ0v) is 45.3. The van der Waals surface area contributed by atoms with Crippen LogP contribution in [0.25, 0.3) is 11.1 Å². The minimum absolute atomic E-state index is 0.0574. The van der Waals surface area contributed by atoms with E-state index in [-0.39, 0.29) is 58.0 Å². The van der Waals surface area contributed by atoms with Crippen molar-refractivity contribution >= 4 is 76.4 Å². The molecule has 4 aliphatic heterocycles. The highest BCUT2D eigenvalue weighted by Gasteiger charge is 2.48. The van der Waals surface area contributed by atoms with Gasteiger partial charge < -0.3 is 33.1 Å². The molecule has 404 valence electrons. The first-order valence-electron chi connectivity index (χ1n) is 24.2. The molecule has 1 fully saturated rings. The summed E-state index contributed by atoms with van der Waals surface area (Å²) in [7, 11) is -10.1. The minimum atomic E-state index is -4.93. The van der Waals surface area contributed by atoms with Crippen LogP contribution in [-0.2, 0) is 68.7 Å². The molecule has 0 aliphatic carbocycles. The number of amides is 2. The van der Waals surface area contributed by atoms with Crippen LogP contribution in [0.5, 0.6) is 5.75 Å². The van der Waals surface area contributed by atoms with Gasteiger partial charge in [0.2, 0.25) is 5.69 Å². The number of ether oxygens (including phenoxy) is 3. The second-order valence-corrected chi connectivity index (χ2v) is 24.6. The van der Waals surface area contributed by atoms with Gasteiger partial charge in [0.15, 0.2) is 5.71 Å². The number of carbonyl (C=O) groups is 3. The van der Waals surface area contributed by atoms with Crippen molar-refractivity contribution < 1.29 is 82.5 Å². The zero-order valence-electron chi connectivity index (χ0n) is 42.8. The molecule has 1 unspecified atom stereocenters. The van der Waals surface area contributed by atoms with E-state index in [0.29, 0.717) is 59.6 Å². The molecule has 20 nitrogen and oxygen atoms in total. The third-order valence-corrected chi connectivity index (χ3v) is 16.4. The highest BCUT2D eigenvalue weighted by molar-refractivity contribution is 7.86. The van der Waals surface area contributed by atoms with Gasteiger partial charge in [-0.2, -0.15) is 18.9 Å². The molecule has 2 amide bonds. The van der Waals surface area contributed by atoms with Gasteiger partial charge in [0.05, 0.1) is 31.7 Å². The van der Waals surface area contributed by atoms with Crippen LogP contribution in [0.1, 0.15) is 109 Å². The van der Waals surface area contributed by atoms with Crippen LogP contribution < -0.4 is 15.5 Å². The Morgan fingerprint density at radius 1 is 0.892 bits per heavy atom. The minimum Gasteiger partial charge on any atom is -0.748 e. The molecule has 4 heterocycles. The quantitative estimate of drug-likeness (QED) is 0.0470. The molecule has 0 spiro atoms. The predicted molar refractivity (Wildman–Crippen MR) is 272 cm³/mol. The third kappa shape index (κ3) is 13.5. The number of carbonyl (C=O) groups excluding carboxylic acids is 3. The summed E-state index contributed by atoms with van der Waals surface area (Å²) in [5.74, 6) is 1.27. The van der Waals surface area contributed by atoms with Crippen LogP contribution in [0.3, 0.4) is 0 Å². The Labute approximate surface area is 433 Å². The second-order valence-electron chi connectivity index (χ2n) is 19.9. The lowest BCUT2D eigenvalue weighted by atomic mass is 9.75. The highest BCUT2D eigenvalue weighted by Crippen LogP contribution is 2.49. The highest BCUT2D eigenvalue weighted by atomic mass is 32.2. The van der Waals surface area contributed by atoms with Gasteiger partial charge in [-0.05, 0) is 81.4 Å². The molecule has 2 aromatic carbocycles. The van der Waals surface area contributed by atoms with Crippen LogP contribution >= 0.6 is 0 Å². The lowest BCUT2D eigenvalue weighted by Gasteiger charge is -2.48. The summed E-state index contributed by atoms with van der Waals surface area (Å²) in [4.78, 5) is 44.0. The number of imide groups is 1. The van der Waals surface area contributed by atoms with Crippen LogP contribution in [-0.4, -0.2) is 125 Å². The number of fused-ring (bicyclic) bond motifs is 3. The number of methoxy groups -OCH3 is 2. The van der Waals surface area contributed by atoms with E-state index < -0.39 is 80.9 Å². The number of rotatable bonds is 24. The van der Waals surface area contributed by atoms with E-state index in [1.165, 1.54) is 18.2 Å². The first kappa shape index (κ1) is 57.9. The lowest BCUT2D eigenvalue weighted by molar-refractivity contribution is -0.635. The fraction of sp³-hybridized carbons (Fsp3) is 0.490. The molecule has 0 saturated carbocycles. The summed E-state index contributed by atoms with van der Waals surface area (Å²) in [6.45, 7) is 11.1. The van der Waals surface area contributed by atoms with E-state index in [1.54, 1.807) is 32.4 Å². The zero-order chi connectivity index (χ0) is 54.4. The van der Waals surface area contributed by atoms with Gasteiger partial charge in [-0.3, -0.25) is 9.59 Å². The molecular weight excluding hydrogens is 1020 g/mol. The van der Waals surface area contributed by atoms with Crippen molar-refractivity contribution in [3.05, 3.63) is 95.3 Å². The smallest absolute Gasteiger partial charge is 0.333 e. The van der Waals surface area contributed by atoms with Crippen LogP contribution in [0, 0.1) is 5.41 Å². The van der Waals surface area contributed by atoms with Crippen LogP contribution in [0.4, 0.5) is 11.4 Å². The number of benzene rings is 2. The van der Waals surface area contributed by atoms with E-state index >= 15 is 0 Å². The maximum Gasteiger partial charge on any atom is 0.333 e. The topological polar surface area (TPSA) is 283 Å². The van der Waals surface area contributed by atoms with E-state index in [2.05, 4.69) is 21.2 Å². The number of quaternary nitrogens is 1. The lowest BCUT2D eigenvalue weighted by Crippen LogP contribution is -2.52. The maximum atomic E-state index is 12.9. The monoisotopic (exact) mass is 1090 g/mol. The predicted octanol–water partition coefficient (Wildman–Crippen LogP) is 5.11. The molecule has 23 heteroatoms. The average Bonchev–Trinajstić information content (AvgIpc) is 3.75. The summed E-state index contributed by atoms with van der Waals surface area (Å²) in [5.41, 5.74) is 3.61.